The summed E-state index contributed by atoms with van der Waals surface area (Å²) in [5.41, 5.74) is 0.313. The summed E-state index contributed by atoms with van der Waals surface area (Å²) in [5, 5.41) is 2.34. The average molecular weight is 444 g/mol. The molecule has 2 aromatic carbocycles. The van der Waals surface area contributed by atoms with Crippen molar-refractivity contribution < 1.29 is 35.9 Å². The summed E-state index contributed by atoms with van der Waals surface area (Å²) in [5.74, 6) is -1.20. The summed E-state index contributed by atoms with van der Waals surface area (Å²) in [6, 6.07) is 10.7. The van der Waals surface area contributed by atoms with Crippen molar-refractivity contribution >= 4 is 27.4 Å². The largest absolute Gasteiger partial charge is 0.482 e. The standard InChI is InChI=1S/C19H19F3N2O5S/c1-13(25)14-7-9-15(10-8-14)30(27,28)24(2)11-18(26)23-16-5-3-4-6-17(16)29-12-19(20,21)22/h3-10H,11-12H2,1-2H3,(H,23,26). The number of ether oxygens (including phenoxy) is 1. The average Bonchev–Trinajstić information content (AvgIpc) is 2.66. The highest BCUT2D eigenvalue weighted by atomic mass is 32.2. The number of sulfonamides is 1. The number of benzene rings is 2. The number of para-hydroxylation sites is 2. The highest BCUT2D eigenvalue weighted by molar-refractivity contribution is 7.89. The second-order valence-electron chi connectivity index (χ2n) is 6.29. The minimum atomic E-state index is -4.55. The van der Waals surface area contributed by atoms with Gasteiger partial charge in [0.15, 0.2) is 12.4 Å². The van der Waals surface area contributed by atoms with E-state index in [2.05, 4.69) is 10.1 Å². The van der Waals surface area contributed by atoms with Gasteiger partial charge in [0.05, 0.1) is 17.1 Å². The predicted octanol–water partition coefficient (Wildman–Crippen LogP) is 3.09. The van der Waals surface area contributed by atoms with Crippen molar-refractivity contribution in [2.75, 3.05) is 25.5 Å². The molecule has 0 spiro atoms. The quantitative estimate of drug-likeness (QED) is 0.632. The Morgan fingerprint density at radius 1 is 1.07 bits per heavy atom. The van der Waals surface area contributed by atoms with Gasteiger partial charge in [-0.3, -0.25) is 9.59 Å². The SMILES string of the molecule is CC(=O)c1ccc(S(=O)(=O)N(C)CC(=O)Nc2ccccc2OCC(F)(F)F)cc1. The Kier molecular flexibility index (Phi) is 7.21. The number of rotatable bonds is 8. The van der Waals surface area contributed by atoms with E-state index in [1.54, 1.807) is 0 Å². The molecule has 0 radical (unpaired) electrons. The number of nitrogens with one attached hydrogen (secondary N) is 1. The van der Waals surface area contributed by atoms with E-state index in [4.69, 9.17) is 0 Å². The first-order valence-electron chi connectivity index (χ1n) is 8.56. The maximum Gasteiger partial charge on any atom is 0.422 e. The molecule has 0 aromatic heterocycles. The molecule has 0 aliphatic carbocycles. The molecule has 1 N–H and O–H groups in total. The van der Waals surface area contributed by atoms with Crippen LogP contribution in [0.25, 0.3) is 0 Å². The van der Waals surface area contributed by atoms with E-state index in [-0.39, 0.29) is 22.1 Å². The minimum Gasteiger partial charge on any atom is -0.482 e. The number of hydrogen-bond donors (Lipinski definition) is 1. The van der Waals surface area contributed by atoms with Crippen LogP contribution in [0.1, 0.15) is 17.3 Å². The lowest BCUT2D eigenvalue weighted by atomic mass is 10.2. The number of nitrogens with zero attached hydrogens (tertiary/aromatic N) is 1. The van der Waals surface area contributed by atoms with E-state index in [0.717, 1.165) is 4.31 Å². The van der Waals surface area contributed by atoms with Crippen LogP contribution in [0, 0.1) is 0 Å². The zero-order valence-corrected chi connectivity index (χ0v) is 16.9. The Bertz CT molecular complexity index is 1020. The Morgan fingerprint density at radius 3 is 2.23 bits per heavy atom. The van der Waals surface area contributed by atoms with Crippen LogP contribution in [-0.2, 0) is 14.8 Å². The van der Waals surface area contributed by atoms with Crippen molar-refractivity contribution in [2.45, 2.75) is 18.0 Å². The first-order valence-corrected chi connectivity index (χ1v) is 10.00. The molecule has 2 rings (SSSR count). The predicted molar refractivity (Wildman–Crippen MR) is 103 cm³/mol. The third kappa shape index (κ3) is 6.29. The van der Waals surface area contributed by atoms with Crippen molar-refractivity contribution in [2.24, 2.45) is 0 Å². The van der Waals surface area contributed by atoms with Crippen LogP contribution < -0.4 is 10.1 Å². The molecule has 0 fully saturated rings. The van der Waals surface area contributed by atoms with E-state index >= 15 is 0 Å². The third-order valence-electron chi connectivity index (χ3n) is 3.89. The summed E-state index contributed by atoms with van der Waals surface area (Å²) in [6.07, 6.45) is -4.55. The van der Waals surface area contributed by atoms with Crippen LogP contribution in [0.5, 0.6) is 5.75 Å². The zero-order chi connectivity index (χ0) is 22.5. The van der Waals surface area contributed by atoms with E-state index in [0.29, 0.717) is 5.56 Å². The van der Waals surface area contributed by atoms with Gasteiger partial charge in [-0.25, -0.2) is 8.42 Å². The number of likely N-dealkylation sites (N-methyl/N-ethyl adjacent to an activating group) is 1. The van der Waals surface area contributed by atoms with Gasteiger partial charge < -0.3 is 10.1 Å². The first-order chi connectivity index (χ1) is 13.9. The van der Waals surface area contributed by atoms with Crippen LogP contribution in [0.15, 0.2) is 53.4 Å². The number of alkyl halides is 3. The van der Waals surface area contributed by atoms with Crippen molar-refractivity contribution in [1.29, 1.82) is 0 Å². The normalized spacial score (nSPS) is 11.9. The number of carbonyl (C=O) groups excluding carboxylic acids is 2. The number of ketones is 1. The van der Waals surface area contributed by atoms with Gasteiger partial charge in [0.1, 0.15) is 5.75 Å². The highest BCUT2D eigenvalue weighted by Gasteiger charge is 2.29. The summed E-state index contributed by atoms with van der Waals surface area (Å²) < 4.78 is 67.7. The molecular weight excluding hydrogens is 425 g/mol. The number of amides is 1. The van der Waals surface area contributed by atoms with Gasteiger partial charge in [-0.2, -0.15) is 17.5 Å². The molecule has 162 valence electrons. The van der Waals surface area contributed by atoms with Gasteiger partial charge in [0.25, 0.3) is 0 Å². The maximum atomic E-state index is 12.6. The number of Topliss-reactive ketones (excluding diaryl/α,β-unsaturated/α-hetero) is 1. The smallest absolute Gasteiger partial charge is 0.422 e. The minimum absolute atomic E-state index is 0.0247. The van der Waals surface area contributed by atoms with Crippen molar-refractivity contribution in [3.63, 3.8) is 0 Å². The van der Waals surface area contributed by atoms with E-state index in [1.165, 1.54) is 62.5 Å². The molecule has 0 aliphatic heterocycles. The van der Waals surface area contributed by atoms with Crippen molar-refractivity contribution in [1.82, 2.24) is 4.31 Å². The summed E-state index contributed by atoms with van der Waals surface area (Å²) >= 11 is 0. The second-order valence-corrected chi connectivity index (χ2v) is 8.33. The number of anilines is 1. The van der Waals surface area contributed by atoms with Gasteiger partial charge in [-0.05, 0) is 31.2 Å². The Hall–Kier alpha value is -2.92. The van der Waals surface area contributed by atoms with Crippen LogP contribution in [0.3, 0.4) is 0 Å². The highest BCUT2D eigenvalue weighted by Crippen LogP contribution is 2.26. The molecular formula is C19H19F3N2O5S. The molecule has 0 bridgehead atoms. The van der Waals surface area contributed by atoms with Gasteiger partial charge in [-0.15, -0.1) is 0 Å². The van der Waals surface area contributed by atoms with E-state index in [9.17, 15) is 31.2 Å². The summed E-state index contributed by atoms with van der Waals surface area (Å²) in [7, 11) is -2.85. The number of carbonyl (C=O) groups is 2. The van der Waals surface area contributed by atoms with Gasteiger partial charge in [0.2, 0.25) is 15.9 Å². The van der Waals surface area contributed by atoms with E-state index < -0.39 is 35.3 Å². The fourth-order valence-corrected chi connectivity index (χ4v) is 3.50. The summed E-state index contributed by atoms with van der Waals surface area (Å²) in [6.45, 7) is -0.787. The molecule has 30 heavy (non-hydrogen) atoms. The van der Waals surface area contributed by atoms with Crippen LogP contribution in [0.2, 0.25) is 0 Å². The van der Waals surface area contributed by atoms with Crippen molar-refractivity contribution in [3.8, 4) is 5.75 Å². The fraction of sp³-hybridized carbons (Fsp3) is 0.263. The topological polar surface area (TPSA) is 92.8 Å². The molecule has 0 saturated heterocycles. The number of hydrogen-bond acceptors (Lipinski definition) is 5. The molecule has 2 aromatic rings. The molecule has 0 aliphatic rings. The van der Waals surface area contributed by atoms with Crippen LogP contribution >= 0.6 is 0 Å². The van der Waals surface area contributed by atoms with Gasteiger partial charge in [-0.1, -0.05) is 24.3 Å². The maximum absolute atomic E-state index is 12.6. The van der Waals surface area contributed by atoms with E-state index in [1.807, 2.05) is 0 Å². The molecule has 7 nitrogen and oxygen atoms in total. The van der Waals surface area contributed by atoms with Gasteiger partial charge in [0, 0.05) is 12.6 Å². The molecule has 0 unspecified atom stereocenters. The molecule has 0 atom stereocenters. The first kappa shape index (κ1) is 23.4. The lowest BCUT2D eigenvalue weighted by Gasteiger charge is -2.18. The van der Waals surface area contributed by atoms with Crippen molar-refractivity contribution in [3.05, 3.63) is 54.1 Å². The zero-order valence-electron chi connectivity index (χ0n) is 16.1. The van der Waals surface area contributed by atoms with Crippen LogP contribution in [-0.4, -0.2) is 50.8 Å². The summed E-state index contributed by atoms with van der Waals surface area (Å²) in [4.78, 5) is 23.4. The lowest BCUT2D eigenvalue weighted by molar-refractivity contribution is -0.153. The third-order valence-corrected chi connectivity index (χ3v) is 5.71. The molecule has 0 saturated carbocycles. The Morgan fingerprint density at radius 2 is 1.67 bits per heavy atom. The van der Waals surface area contributed by atoms with Crippen LogP contribution in [0.4, 0.5) is 18.9 Å². The lowest BCUT2D eigenvalue weighted by Crippen LogP contribution is -2.35. The molecule has 1 amide bonds. The Balaban J connectivity index is 2.08. The van der Waals surface area contributed by atoms with Gasteiger partial charge >= 0.3 is 6.18 Å². The second kappa shape index (κ2) is 9.26. The molecule has 11 heteroatoms. The Labute approximate surface area is 171 Å². The molecule has 0 heterocycles. The fourth-order valence-electron chi connectivity index (χ4n) is 2.37. The number of halogens is 3. The monoisotopic (exact) mass is 444 g/mol.